The van der Waals surface area contributed by atoms with Crippen molar-refractivity contribution in [2.45, 2.75) is 50.2 Å². The van der Waals surface area contributed by atoms with E-state index < -0.39 is 15.4 Å². The van der Waals surface area contributed by atoms with Gasteiger partial charge in [0.05, 0.1) is 4.90 Å². The SMILES string of the molecule is CN(c1nc(-c2ccc(S(C)(=O)=O)cc2)no1)C1CCN(C(=O)OC(C)(C)C)CC1. The van der Waals surface area contributed by atoms with E-state index in [1.165, 1.54) is 12.1 Å². The van der Waals surface area contributed by atoms with E-state index in [1.807, 2.05) is 32.7 Å². The summed E-state index contributed by atoms with van der Waals surface area (Å²) in [7, 11) is -1.37. The minimum atomic E-state index is -3.25. The molecule has 10 heteroatoms. The molecular weight excluding hydrogens is 408 g/mol. The number of benzene rings is 1. The predicted octanol–water partition coefficient (Wildman–Crippen LogP) is 2.98. The van der Waals surface area contributed by atoms with Gasteiger partial charge >= 0.3 is 12.1 Å². The summed E-state index contributed by atoms with van der Waals surface area (Å²) in [5.41, 5.74) is 0.162. The highest BCUT2D eigenvalue weighted by molar-refractivity contribution is 7.90. The van der Waals surface area contributed by atoms with Crippen LogP contribution in [0.1, 0.15) is 33.6 Å². The average Bonchev–Trinajstić information content (AvgIpc) is 3.16. The number of amides is 1. The summed E-state index contributed by atoms with van der Waals surface area (Å²) in [6, 6.07) is 6.90. The summed E-state index contributed by atoms with van der Waals surface area (Å²) in [5.74, 6) is 0.392. The summed E-state index contributed by atoms with van der Waals surface area (Å²) in [6.45, 7) is 6.75. The Bertz CT molecular complexity index is 987. The molecule has 3 rings (SSSR count). The molecule has 1 aromatic heterocycles. The van der Waals surface area contributed by atoms with Gasteiger partial charge in [-0.15, -0.1) is 0 Å². The van der Waals surface area contributed by atoms with Crippen molar-refractivity contribution >= 4 is 21.9 Å². The van der Waals surface area contributed by atoms with Gasteiger partial charge < -0.3 is 19.1 Å². The fourth-order valence-corrected chi connectivity index (χ4v) is 3.88. The molecule has 0 N–H and O–H groups in total. The van der Waals surface area contributed by atoms with Gasteiger partial charge in [-0.3, -0.25) is 0 Å². The molecule has 0 atom stereocenters. The Kier molecular flexibility index (Phi) is 6.07. The van der Waals surface area contributed by atoms with Crippen molar-refractivity contribution in [3.8, 4) is 11.4 Å². The second kappa shape index (κ2) is 8.25. The third-order valence-electron chi connectivity index (χ3n) is 4.92. The van der Waals surface area contributed by atoms with Gasteiger partial charge in [-0.2, -0.15) is 4.98 Å². The molecule has 0 saturated carbocycles. The lowest BCUT2D eigenvalue weighted by Crippen LogP contribution is -2.47. The number of rotatable bonds is 4. The third-order valence-corrected chi connectivity index (χ3v) is 6.05. The molecular formula is C20H28N4O5S. The third kappa shape index (κ3) is 5.29. The molecule has 1 aliphatic heterocycles. The average molecular weight is 437 g/mol. The lowest BCUT2D eigenvalue weighted by Gasteiger charge is -2.36. The van der Waals surface area contributed by atoms with Crippen LogP contribution in [0.25, 0.3) is 11.4 Å². The van der Waals surface area contributed by atoms with E-state index in [2.05, 4.69) is 10.1 Å². The topological polar surface area (TPSA) is 106 Å². The van der Waals surface area contributed by atoms with Crippen LogP contribution < -0.4 is 4.90 Å². The fraction of sp³-hybridized carbons (Fsp3) is 0.550. The molecule has 1 amide bonds. The van der Waals surface area contributed by atoms with E-state index in [9.17, 15) is 13.2 Å². The molecule has 30 heavy (non-hydrogen) atoms. The number of ether oxygens (including phenoxy) is 1. The quantitative estimate of drug-likeness (QED) is 0.720. The Hall–Kier alpha value is -2.62. The number of piperidine rings is 1. The van der Waals surface area contributed by atoms with Crippen LogP contribution in [0.3, 0.4) is 0 Å². The van der Waals surface area contributed by atoms with Crippen molar-refractivity contribution in [1.29, 1.82) is 0 Å². The highest BCUT2D eigenvalue weighted by Gasteiger charge is 2.30. The van der Waals surface area contributed by atoms with Crippen LogP contribution in [0.4, 0.5) is 10.8 Å². The number of anilines is 1. The molecule has 1 saturated heterocycles. The van der Waals surface area contributed by atoms with Crippen molar-refractivity contribution < 1.29 is 22.5 Å². The maximum atomic E-state index is 12.2. The zero-order chi connectivity index (χ0) is 22.1. The van der Waals surface area contributed by atoms with Crippen LogP contribution in [0.5, 0.6) is 0 Å². The maximum absolute atomic E-state index is 12.2. The number of carbonyl (C=O) groups is 1. The summed E-state index contributed by atoms with van der Waals surface area (Å²) in [6.07, 6.45) is 2.39. The van der Waals surface area contributed by atoms with Gasteiger partial charge in [-0.25, -0.2) is 13.2 Å². The van der Waals surface area contributed by atoms with Crippen LogP contribution in [0.15, 0.2) is 33.7 Å². The van der Waals surface area contributed by atoms with Crippen molar-refractivity contribution in [2.75, 3.05) is 31.3 Å². The maximum Gasteiger partial charge on any atom is 0.410 e. The molecule has 0 bridgehead atoms. The second-order valence-corrected chi connectivity index (χ2v) is 10.5. The Morgan fingerprint density at radius 2 is 1.80 bits per heavy atom. The van der Waals surface area contributed by atoms with Crippen LogP contribution in [0, 0.1) is 0 Å². The van der Waals surface area contributed by atoms with Crippen LogP contribution in [-0.2, 0) is 14.6 Å². The van der Waals surface area contributed by atoms with Crippen molar-refractivity contribution in [3.63, 3.8) is 0 Å². The molecule has 2 aromatic rings. The standard InChI is InChI=1S/C20H28N4O5S/c1-20(2,3)28-19(25)24-12-10-15(11-13-24)23(4)18-21-17(22-29-18)14-6-8-16(9-7-14)30(5,26)27/h6-9,15H,10-13H2,1-5H3. The summed E-state index contributed by atoms with van der Waals surface area (Å²) in [5, 5.41) is 4.02. The van der Waals surface area contributed by atoms with E-state index >= 15 is 0 Å². The molecule has 164 valence electrons. The van der Waals surface area contributed by atoms with Crippen LogP contribution in [-0.4, -0.2) is 67.6 Å². The molecule has 0 spiro atoms. The summed E-state index contributed by atoms with van der Waals surface area (Å²) >= 11 is 0. The zero-order valence-corrected chi connectivity index (χ0v) is 18.8. The molecule has 1 aromatic carbocycles. The van der Waals surface area contributed by atoms with Gasteiger partial charge in [-0.1, -0.05) is 5.16 Å². The molecule has 1 fully saturated rings. The Morgan fingerprint density at radius 1 is 1.20 bits per heavy atom. The largest absolute Gasteiger partial charge is 0.444 e. The minimum Gasteiger partial charge on any atom is -0.444 e. The number of aromatic nitrogens is 2. The number of hydrogen-bond donors (Lipinski definition) is 0. The number of likely N-dealkylation sites (tertiary alicyclic amines) is 1. The number of carbonyl (C=O) groups excluding carboxylic acids is 1. The van der Waals surface area contributed by atoms with E-state index in [0.29, 0.717) is 30.5 Å². The van der Waals surface area contributed by atoms with Crippen LogP contribution in [0.2, 0.25) is 0 Å². The Balaban J connectivity index is 1.62. The van der Waals surface area contributed by atoms with E-state index in [0.717, 1.165) is 19.1 Å². The van der Waals surface area contributed by atoms with E-state index in [4.69, 9.17) is 9.26 Å². The number of nitrogens with zero attached hydrogens (tertiary/aromatic N) is 4. The lowest BCUT2D eigenvalue weighted by molar-refractivity contribution is 0.0205. The molecule has 9 nitrogen and oxygen atoms in total. The predicted molar refractivity (Wildman–Crippen MR) is 112 cm³/mol. The van der Waals surface area contributed by atoms with Gasteiger partial charge in [0.25, 0.3) is 0 Å². The summed E-state index contributed by atoms with van der Waals surface area (Å²) < 4.78 is 34.0. The minimum absolute atomic E-state index is 0.157. The number of hydrogen-bond acceptors (Lipinski definition) is 8. The first-order valence-electron chi connectivity index (χ1n) is 9.79. The first-order valence-corrected chi connectivity index (χ1v) is 11.7. The first kappa shape index (κ1) is 22.1. The van der Waals surface area contributed by atoms with Crippen molar-refractivity contribution in [3.05, 3.63) is 24.3 Å². The number of sulfone groups is 1. The van der Waals surface area contributed by atoms with Crippen molar-refractivity contribution in [2.24, 2.45) is 0 Å². The van der Waals surface area contributed by atoms with E-state index in [1.54, 1.807) is 17.0 Å². The molecule has 0 aliphatic carbocycles. The van der Waals surface area contributed by atoms with Gasteiger partial charge in [0, 0.05) is 38.0 Å². The Labute approximate surface area is 176 Å². The highest BCUT2D eigenvalue weighted by Crippen LogP contribution is 2.25. The lowest BCUT2D eigenvalue weighted by atomic mass is 10.0. The van der Waals surface area contributed by atoms with Gasteiger partial charge in [0.1, 0.15) is 5.60 Å². The molecule has 0 radical (unpaired) electrons. The molecule has 0 unspecified atom stereocenters. The second-order valence-electron chi connectivity index (χ2n) is 8.51. The molecule has 2 heterocycles. The Morgan fingerprint density at radius 3 is 2.33 bits per heavy atom. The van der Waals surface area contributed by atoms with Gasteiger partial charge in [0.2, 0.25) is 5.82 Å². The summed E-state index contributed by atoms with van der Waals surface area (Å²) in [4.78, 5) is 20.5. The smallest absolute Gasteiger partial charge is 0.410 e. The highest BCUT2D eigenvalue weighted by atomic mass is 32.2. The van der Waals surface area contributed by atoms with Gasteiger partial charge in [-0.05, 0) is 57.9 Å². The van der Waals surface area contributed by atoms with Gasteiger partial charge in [0.15, 0.2) is 9.84 Å². The zero-order valence-electron chi connectivity index (χ0n) is 18.0. The normalized spacial score (nSPS) is 15.8. The van der Waals surface area contributed by atoms with Crippen molar-refractivity contribution in [1.82, 2.24) is 15.0 Å². The first-order chi connectivity index (χ1) is 13.9. The van der Waals surface area contributed by atoms with E-state index in [-0.39, 0.29) is 17.0 Å². The monoisotopic (exact) mass is 436 g/mol. The van der Waals surface area contributed by atoms with Crippen LogP contribution >= 0.6 is 0 Å². The molecule has 1 aliphatic rings. The fourth-order valence-electron chi connectivity index (χ4n) is 3.25.